The third-order valence-electron chi connectivity index (χ3n) is 6.70. The van der Waals surface area contributed by atoms with E-state index in [4.69, 9.17) is 0 Å². The summed E-state index contributed by atoms with van der Waals surface area (Å²) >= 11 is 0. The number of hydrogen-bond donors (Lipinski definition) is 1. The summed E-state index contributed by atoms with van der Waals surface area (Å²) in [6.45, 7) is 2.33. The van der Waals surface area contributed by atoms with E-state index >= 15 is 0 Å². The van der Waals surface area contributed by atoms with Crippen molar-refractivity contribution in [1.82, 2.24) is 4.90 Å². The Kier molecular flexibility index (Phi) is 7.26. The lowest BCUT2D eigenvalue weighted by molar-refractivity contribution is -0.116. The van der Waals surface area contributed by atoms with Gasteiger partial charge in [-0.05, 0) is 47.5 Å². The number of hydrogen-bond acceptors (Lipinski definition) is 3. The largest absolute Gasteiger partial charge is 0.368 e. The van der Waals surface area contributed by atoms with Crippen molar-refractivity contribution in [1.29, 1.82) is 0 Å². The summed E-state index contributed by atoms with van der Waals surface area (Å²) < 4.78 is 14.0. The zero-order valence-corrected chi connectivity index (χ0v) is 20.4. The smallest absolute Gasteiger partial charge is 0.256 e. The van der Waals surface area contributed by atoms with Crippen LogP contribution in [-0.4, -0.2) is 42.9 Å². The molecule has 1 N–H and O–H groups in total. The quantitative estimate of drug-likeness (QED) is 0.383. The number of carbonyl (C=O) groups excluding carboxylic acids is 2. The topological polar surface area (TPSA) is 52.7 Å². The number of halogens is 1. The van der Waals surface area contributed by atoms with Gasteiger partial charge in [-0.25, -0.2) is 4.39 Å². The molecule has 0 unspecified atom stereocenters. The lowest BCUT2D eigenvalue weighted by Gasteiger charge is -2.36. The monoisotopic (exact) mass is 493 g/mol. The Bertz CT molecular complexity index is 1310. The van der Waals surface area contributed by atoms with Gasteiger partial charge in [-0.15, -0.1) is 0 Å². The molecule has 4 aromatic carbocycles. The highest BCUT2D eigenvalue weighted by Gasteiger charge is 2.25. The SMILES string of the molecule is O=C(Nc1ccc(N2CCN(C(=O)c3ccccc3F)CC2)cc1)C(c1ccccc1)c1ccccc1. The van der Waals surface area contributed by atoms with Gasteiger partial charge in [0.15, 0.2) is 0 Å². The molecule has 0 spiro atoms. The molecule has 5 nitrogen and oxygen atoms in total. The Morgan fingerprint density at radius 3 is 1.78 bits per heavy atom. The molecule has 1 saturated heterocycles. The lowest BCUT2D eigenvalue weighted by atomic mass is 9.90. The maximum absolute atomic E-state index is 14.0. The minimum absolute atomic E-state index is 0.0922. The molecule has 1 aliphatic rings. The second-order valence-corrected chi connectivity index (χ2v) is 9.05. The molecule has 37 heavy (non-hydrogen) atoms. The van der Waals surface area contributed by atoms with E-state index in [1.807, 2.05) is 84.9 Å². The van der Waals surface area contributed by atoms with Gasteiger partial charge in [0, 0.05) is 37.6 Å². The molecule has 0 saturated carbocycles. The van der Waals surface area contributed by atoms with E-state index in [1.54, 1.807) is 17.0 Å². The van der Waals surface area contributed by atoms with Gasteiger partial charge >= 0.3 is 0 Å². The molecule has 4 aromatic rings. The minimum Gasteiger partial charge on any atom is -0.368 e. The molecule has 0 aliphatic carbocycles. The molecular formula is C31H28FN3O2. The molecular weight excluding hydrogens is 465 g/mol. The summed E-state index contributed by atoms with van der Waals surface area (Å²) in [6.07, 6.45) is 0. The van der Waals surface area contributed by atoms with E-state index in [-0.39, 0.29) is 17.4 Å². The van der Waals surface area contributed by atoms with Crippen LogP contribution in [-0.2, 0) is 4.79 Å². The molecule has 0 atom stereocenters. The van der Waals surface area contributed by atoms with Crippen LogP contribution in [0.5, 0.6) is 0 Å². The standard InChI is InChI=1S/C31H28FN3O2/c32-28-14-8-7-13-27(28)31(37)35-21-19-34(20-22-35)26-17-15-25(16-18-26)33-30(36)29(23-9-3-1-4-10-23)24-11-5-2-6-12-24/h1-18,29H,19-22H2,(H,33,36). The first kappa shape index (κ1) is 24.3. The molecule has 186 valence electrons. The summed E-state index contributed by atoms with van der Waals surface area (Å²) in [5.41, 5.74) is 3.72. The van der Waals surface area contributed by atoms with Crippen molar-refractivity contribution >= 4 is 23.2 Å². The van der Waals surface area contributed by atoms with Crippen LogP contribution in [0.2, 0.25) is 0 Å². The fourth-order valence-electron chi connectivity index (χ4n) is 4.73. The van der Waals surface area contributed by atoms with Gasteiger partial charge in [-0.3, -0.25) is 9.59 Å². The van der Waals surface area contributed by atoms with Crippen molar-refractivity contribution in [3.05, 3.63) is 132 Å². The lowest BCUT2D eigenvalue weighted by Crippen LogP contribution is -2.49. The van der Waals surface area contributed by atoms with Gasteiger partial charge in [0.25, 0.3) is 5.91 Å². The summed E-state index contributed by atoms with van der Waals surface area (Å²) in [4.78, 5) is 29.9. The zero-order valence-electron chi connectivity index (χ0n) is 20.4. The van der Waals surface area contributed by atoms with Crippen LogP contribution in [0.15, 0.2) is 109 Å². The third kappa shape index (κ3) is 5.54. The summed E-state index contributed by atoms with van der Waals surface area (Å²) in [5.74, 6) is -1.27. The first-order valence-electron chi connectivity index (χ1n) is 12.4. The van der Waals surface area contributed by atoms with Crippen molar-refractivity contribution in [3.63, 3.8) is 0 Å². The van der Waals surface area contributed by atoms with Crippen molar-refractivity contribution in [2.75, 3.05) is 36.4 Å². The normalized spacial score (nSPS) is 13.5. The number of nitrogens with one attached hydrogen (secondary N) is 1. The maximum atomic E-state index is 14.0. The molecule has 0 bridgehead atoms. The molecule has 1 aliphatic heterocycles. The Hall–Kier alpha value is -4.45. The van der Waals surface area contributed by atoms with Crippen molar-refractivity contribution < 1.29 is 14.0 Å². The number of rotatable bonds is 6. The van der Waals surface area contributed by atoms with E-state index in [9.17, 15) is 14.0 Å². The van der Waals surface area contributed by atoms with Crippen LogP contribution in [0.1, 0.15) is 27.4 Å². The summed E-state index contributed by atoms with van der Waals surface area (Å²) in [7, 11) is 0. The molecule has 1 fully saturated rings. The predicted octanol–water partition coefficient (Wildman–Crippen LogP) is 5.56. The van der Waals surface area contributed by atoms with Crippen LogP contribution >= 0.6 is 0 Å². The van der Waals surface area contributed by atoms with Crippen LogP contribution in [0.25, 0.3) is 0 Å². The molecule has 1 heterocycles. The van der Waals surface area contributed by atoms with Crippen molar-refractivity contribution in [3.8, 4) is 0 Å². The van der Waals surface area contributed by atoms with Crippen molar-refractivity contribution in [2.45, 2.75) is 5.92 Å². The van der Waals surface area contributed by atoms with Gasteiger partial charge in [0.05, 0.1) is 11.5 Å². The van der Waals surface area contributed by atoms with Gasteiger partial charge in [0.1, 0.15) is 5.82 Å². The number of anilines is 2. The van der Waals surface area contributed by atoms with Crippen LogP contribution in [0.4, 0.5) is 15.8 Å². The Morgan fingerprint density at radius 2 is 1.22 bits per heavy atom. The highest BCUT2D eigenvalue weighted by molar-refractivity contribution is 5.98. The third-order valence-corrected chi connectivity index (χ3v) is 6.70. The average molecular weight is 494 g/mol. The number of carbonyl (C=O) groups is 2. The van der Waals surface area contributed by atoms with Crippen LogP contribution in [0.3, 0.4) is 0 Å². The minimum atomic E-state index is -0.491. The average Bonchev–Trinajstić information content (AvgIpc) is 2.95. The first-order chi connectivity index (χ1) is 18.1. The van der Waals surface area contributed by atoms with Crippen molar-refractivity contribution in [2.24, 2.45) is 0 Å². The highest BCUT2D eigenvalue weighted by Crippen LogP contribution is 2.27. The second-order valence-electron chi connectivity index (χ2n) is 9.05. The number of piperazine rings is 1. The van der Waals surface area contributed by atoms with Gasteiger partial charge in [-0.1, -0.05) is 72.8 Å². The second kappa shape index (κ2) is 11.1. The molecule has 0 radical (unpaired) electrons. The van der Waals surface area contributed by atoms with E-state index < -0.39 is 11.7 Å². The molecule has 6 heteroatoms. The number of benzene rings is 4. The summed E-state index contributed by atoms with van der Waals surface area (Å²) in [5, 5.41) is 3.07. The van der Waals surface area contributed by atoms with Gasteiger partial charge in [-0.2, -0.15) is 0 Å². The van der Waals surface area contributed by atoms with Crippen LogP contribution in [0, 0.1) is 5.82 Å². The van der Waals surface area contributed by atoms with Gasteiger partial charge in [0.2, 0.25) is 5.91 Å². The highest BCUT2D eigenvalue weighted by atomic mass is 19.1. The predicted molar refractivity (Wildman–Crippen MR) is 144 cm³/mol. The molecule has 2 amide bonds. The Labute approximate surface area is 216 Å². The number of amides is 2. The van der Waals surface area contributed by atoms with E-state index in [2.05, 4.69) is 10.2 Å². The molecule has 0 aromatic heterocycles. The fourth-order valence-corrected chi connectivity index (χ4v) is 4.73. The Morgan fingerprint density at radius 1 is 0.676 bits per heavy atom. The number of nitrogens with zero attached hydrogens (tertiary/aromatic N) is 2. The summed E-state index contributed by atoms with van der Waals surface area (Å²) in [6, 6.07) is 33.4. The molecule has 5 rings (SSSR count). The Balaban J connectivity index is 1.23. The maximum Gasteiger partial charge on any atom is 0.256 e. The van der Waals surface area contributed by atoms with E-state index in [1.165, 1.54) is 12.1 Å². The fraction of sp³-hybridized carbons (Fsp3) is 0.161. The van der Waals surface area contributed by atoms with E-state index in [0.29, 0.717) is 26.2 Å². The first-order valence-corrected chi connectivity index (χ1v) is 12.4. The van der Waals surface area contributed by atoms with E-state index in [0.717, 1.165) is 22.5 Å². The van der Waals surface area contributed by atoms with Gasteiger partial charge < -0.3 is 15.1 Å². The zero-order chi connectivity index (χ0) is 25.6. The van der Waals surface area contributed by atoms with Crippen LogP contribution < -0.4 is 10.2 Å².